The lowest BCUT2D eigenvalue weighted by Crippen LogP contribution is -2.38. The topological polar surface area (TPSA) is 24.1 Å². The summed E-state index contributed by atoms with van der Waals surface area (Å²) in [5.41, 5.74) is 0. The molecule has 0 bridgehead atoms. The fourth-order valence-corrected chi connectivity index (χ4v) is 1.34. The quantitative estimate of drug-likeness (QED) is 0.614. The van der Waals surface area contributed by atoms with Crippen LogP contribution in [0.25, 0.3) is 0 Å². The summed E-state index contributed by atoms with van der Waals surface area (Å²) in [7, 11) is 0. The number of hydrogen-bond acceptors (Lipinski definition) is 2. The maximum absolute atomic E-state index is 3.57. The van der Waals surface area contributed by atoms with Gasteiger partial charge in [0.1, 0.15) is 0 Å². The zero-order valence-electron chi connectivity index (χ0n) is 7.27. The predicted octanol–water partition coefficient (Wildman–Crippen LogP) is 0.879. The summed E-state index contributed by atoms with van der Waals surface area (Å²) < 4.78 is 0. The SMILES string of the molecule is CC(CNC1CC1)NC1CC1. The minimum Gasteiger partial charge on any atom is -0.312 e. The Balaban J connectivity index is 1.52. The Bertz CT molecular complexity index is 128. The second kappa shape index (κ2) is 3.11. The van der Waals surface area contributed by atoms with Crippen LogP contribution in [0.15, 0.2) is 0 Å². The first kappa shape index (κ1) is 7.56. The van der Waals surface area contributed by atoms with E-state index in [9.17, 15) is 0 Å². The molecule has 0 radical (unpaired) electrons. The van der Waals surface area contributed by atoms with Crippen LogP contribution in [0.2, 0.25) is 0 Å². The molecule has 2 nitrogen and oxygen atoms in total. The molecular formula is C9H18N2. The molecule has 2 fully saturated rings. The van der Waals surface area contributed by atoms with E-state index >= 15 is 0 Å². The lowest BCUT2D eigenvalue weighted by Gasteiger charge is -2.13. The van der Waals surface area contributed by atoms with Gasteiger partial charge in [0.2, 0.25) is 0 Å². The molecule has 2 aliphatic carbocycles. The Morgan fingerprint density at radius 1 is 1.18 bits per heavy atom. The highest BCUT2D eigenvalue weighted by molar-refractivity contribution is 4.86. The summed E-state index contributed by atoms with van der Waals surface area (Å²) in [5, 5.41) is 7.10. The fourth-order valence-electron chi connectivity index (χ4n) is 1.34. The maximum Gasteiger partial charge on any atom is 0.0166 e. The number of rotatable bonds is 5. The summed E-state index contributed by atoms with van der Waals surface area (Å²) in [5.74, 6) is 0. The molecule has 1 atom stereocenters. The van der Waals surface area contributed by atoms with Crippen molar-refractivity contribution < 1.29 is 0 Å². The third-order valence-corrected chi connectivity index (χ3v) is 2.39. The lowest BCUT2D eigenvalue weighted by atomic mass is 10.3. The molecule has 2 aliphatic rings. The van der Waals surface area contributed by atoms with Crippen LogP contribution in [-0.2, 0) is 0 Å². The average Bonchev–Trinajstić information content (AvgIpc) is 2.80. The number of hydrogen-bond donors (Lipinski definition) is 2. The van der Waals surface area contributed by atoms with Crippen molar-refractivity contribution in [2.75, 3.05) is 6.54 Å². The Labute approximate surface area is 68.7 Å². The van der Waals surface area contributed by atoms with Gasteiger partial charge in [0.15, 0.2) is 0 Å². The molecule has 0 aromatic carbocycles. The molecule has 0 saturated heterocycles. The Morgan fingerprint density at radius 2 is 1.82 bits per heavy atom. The molecule has 64 valence electrons. The molecule has 11 heavy (non-hydrogen) atoms. The van der Waals surface area contributed by atoms with Crippen LogP contribution in [-0.4, -0.2) is 24.7 Å². The van der Waals surface area contributed by atoms with E-state index < -0.39 is 0 Å². The molecule has 2 heteroatoms. The molecule has 0 aromatic heterocycles. The van der Waals surface area contributed by atoms with Crippen LogP contribution in [0, 0.1) is 0 Å². The molecule has 0 spiro atoms. The standard InChI is InChI=1S/C9H18N2/c1-7(11-9-4-5-9)6-10-8-2-3-8/h7-11H,2-6H2,1H3. The van der Waals surface area contributed by atoms with Gasteiger partial charge in [-0.3, -0.25) is 0 Å². The Hall–Kier alpha value is -0.0800. The van der Waals surface area contributed by atoms with E-state index in [4.69, 9.17) is 0 Å². The zero-order chi connectivity index (χ0) is 7.68. The van der Waals surface area contributed by atoms with Gasteiger partial charge in [0.25, 0.3) is 0 Å². The van der Waals surface area contributed by atoms with Gasteiger partial charge in [-0.2, -0.15) is 0 Å². The fraction of sp³-hybridized carbons (Fsp3) is 1.00. The van der Waals surface area contributed by atoms with Gasteiger partial charge in [-0.15, -0.1) is 0 Å². The summed E-state index contributed by atoms with van der Waals surface area (Å²) in [6.45, 7) is 3.43. The van der Waals surface area contributed by atoms with Crippen molar-refractivity contribution in [1.82, 2.24) is 10.6 Å². The largest absolute Gasteiger partial charge is 0.312 e. The number of nitrogens with one attached hydrogen (secondary N) is 2. The van der Waals surface area contributed by atoms with Crippen LogP contribution in [0.3, 0.4) is 0 Å². The van der Waals surface area contributed by atoms with Crippen LogP contribution < -0.4 is 10.6 Å². The van der Waals surface area contributed by atoms with E-state index in [1.54, 1.807) is 0 Å². The third-order valence-electron chi connectivity index (χ3n) is 2.39. The first-order valence-corrected chi connectivity index (χ1v) is 4.84. The summed E-state index contributed by atoms with van der Waals surface area (Å²) >= 11 is 0. The monoisotopic (exact) mass is 154 g/mol. The molecular weight excluding hydrogens is 136 g/mol. The molecule has 0 amide bonds. The molecule has 2 rings (SSSR count). The van der Waals surface area contributed by atoms with E-state index in [-0.39, 0.29) is 0 Å². The van der Waals surface area contributed by atoms with Crippen molar-refractivity contribution in [3.8, 4) is 0 Å². The van der Waals surface area contributed by atoms with Crippen LogP contribution in [0.1, 0.15) is 32.6 Å². The van der Waals surface area contributed by atoms with Gasteiger partial charge in [0.05, 0.1) is 0 Å². The van der Waals surface area contributed by atoms with Gasteiger partial charge in [0, 0.05) is 24.7 Å². The van der Waals surface area contributed by atoms with Gasteiger partial charge in [-0.25, -0.2) is 0 Å². The maximum atomic E-state index is 3.57. The van der Waals surface area contributed by atoms with Crippen molar-refractivity contribution in [1.29, 1.82) is 0 Å². The second-order valence-electron chi connectivity index (χ2n) is 4.02. The van der Waals surface area contributed by atoms with Gasteiger partial charge in [-0.1, -0.05) is 0 Å². The van der Waals surface area contributed by atoms with Gasteiger partial charge in [-0.05, 0) is 32.6 Å². The van der Waals surface area contributed by atoms with E-state index in [0.717, 1.165) is 18.6 Å². The molecule has 0 heterocycles. The van der Waals surface area contributed by atoms with Crippen LogP contribution >= 0.6 is 0 Å². The second-order valence-corrected chi connectivity index (χ2v) is 4.02. The molecule has 2 saturated carbocycles. The van der Waals surface area contributed by atoms with Gasteiger partial charge < -0.3 is 10.6 Å². The Morgan fingerprint density at radius 3 is 2.36 bits per heavy atom. The summed E-state index contributed by atoms with van der Waals surface area (Å²) in [4.78, 5) is 0. The smallest absolute Gasteiger partial charge is 0.0166 e. The molecule has 0 aliphatic heterocycles. The molecule has 0 aromatic rings. The van der Waals surface area contributed by atoms with E-state index in [2.05, 4.69) is 17.6 Å². The van der Waals surface area contributed by atoms with Crippen LogP contribution in [0.4, 0.5) is 0 Å². The van der Waals surface area contributed by atoms with Crippen LogP contribution in [0.5, 0.6) is 0 Å². The minimum atomic E-state index is 0.670. The minimum absolute atomic E-state index is 0.670. The lowest BCUT2D eigenvalue weighted by molar-refractivity contribution is 0.498. The first-order valence-electron chi connectivity index (χ1n) is 4.84. The van der Waals surface area contributed by atoms with Gasteiger partial charge >= 0.3 is 0 Å². The van der Waals surface area contributed by atoms with E-state index in [1.807, 2.05) is 0 Å². The normalized spacial score (nSPS) is 27.0. The molecule has 1 unspecified atom stereocenters. The predicted molar refractivity (Wildman–Crippen MR) is 46.6 cm³/mol. The molecule has 2 N–H and O–H groups in total. The highest BCUT2D eigenvalue weighted by atomic mass is 15.0. The third kappa shape index (κ3) is 2.80. The highest BCUT2D eigenvalue weighted by Crippen LogP contribution is 2.20. The Kier molecular flexibility index (Phi) is 2.14. The van der Waals surface area contributed by atoms with E-state index in [1.165, 1.54) is 25.7 Å². The first-order chi connectivity index (χ1) is 5.34. The summed E-state index contributed by atoms with van der Waals surface area (Å²) in [6.07, 6.45) is 5.59. The van der Waals surface area contributed by atoms with Crippen molar-refractivity contribution >= 4 is 0 Å². The average molecular weight is 154 g/mol. The summed E-state index contributed by atoms with van der Waals surface area (Å²) in [6, 6.07) is 2.38. The van der Waals surface area contributed by atoms with Crippen molar-refractivity contribution in [2.45, 2.75) is 50.7 Å². The van der Waals surface area contributed by atoms with E-state index in [0.29, 0.717) is 6.04 Å². The van der Waals surface area contributed by atoms with Crippen molar-refractivity contribution in [2.24, 2.45) is 0 Å². The van der Waals surface area contributed by atoms with Crippen molar-refractivity contribution in [3.05, 3.63) is 0 Å². The zero-order valence-corrected chi connectivity index (χ0v) is 7.27. The highest BCUT2D eigenvalue weighted by Gasteiger charge is 2.24. The van der Waals surface area contributed by atoms with Crippen molar-refractivity contribution in [3.63, 3.8) is 0 Å².